The molecule has 1 heterocycles. The van der Waals surface area contributed by atoms with E-state index in [9.17, 15) is 0 Å². The van der Waals surface area contributed by atoms with Gasteiger partial charge in [-0.3, -0.25) is 0 Å². The molecule has 0 bridgehead atoms. The van der Waals surface area contributed by atoms with Crippen molar-refractivity contribution in [2.45, 2.75) is 25.7 Å². The van der Waals surface area contributed by atoms with Crippen molar-refractivity contribution in [3.63, 3.8) is 0 Å². The van der Waals surface area contributed by atoms with Crippen LogP contribution in [0.5, 0.6) is 0 Å². The van der Waals surface area contributed by atoms with Gasteiger partial charge in [-0.25, -0.2) is 0 Å². The summed E-state index contributed by atoms with van der Waals surface area (Å²) in [7, 11) is 0. The first-order chi connectivity index (χ1) is 6.43. The van der Waals surface area contributed by atoms with Crippen molar-refractivity contribution in [3.05, 3.63) is 0 Å². The molecule has 0 spiro atoms. The van der Waals surface area contributed by atoms with Gasteiger partial charge in [-0.2, -0.15) is 0 Å². The van der Waals surface area contributed by atoms with E-state index in [0.717, 1.165) is 32.6 Å². The maximum atomic E-state index is 8.61. The SMILES string of the molecule is OCCCCCN1CCCOCC1. The van der Waals surface area contributed by atoms with E-state index in [1.54, 1.807) is 0 Å². The Bertz CT molecular complexity index is 111. The summed E-state index contributed by atoms with van der Waals surface area (Å²) in [6.07, 6.45) is 4.47. The third kappa shape index (κ3) is 5.24. The first kappa shape index (κ1) is 11.0. The van der Waals surface area contributed by atoms with Gasteiger partial charge in [0, 0.05) is 26.3 Å². The summed E-state index contributed by atoms with van der Waals surface area (Å²) in [6.45, 7) is 5.58. The van der Waals surface area contributed by atoms with E-state index in [1.165, 1.54) is 25.9 Å². The summed E-state index contributed by atoms with van der Waals surface area (Å²) in [5.74, 6) is 0. The van der Waals surface area contributed by atoms with Gasteiger partial charge in [0.1, 0.15) is 0 Å². The predicted molar refractivity (Wildman–Crippen MR) is 52.8 cm³/mol. The van der Waals surface area contributed by atoms with Crippen LogP contribution in [0, 0.1) is 0 Å². The number of unbranched alkanes of at least 4 members (excludes halogenated alkanes) is 2. The van der Waals surface area contributed by atoms with Crippen LogP contribution in [0.1, 0.15) is 25.7 Å². The largest absolute Gasteiger partial charge is 0.396 e. The van der Waals surface area contributed by atoms with Crippen molar-refractivity contribution in [1.82, 2.24) is 4.90 Å². The molecule has 78 valence electrons. The molecule has 1 aliphatic rings. The first-order valence-electron chi connectivity index (χ1n) is 5.34. The van der Waals surface area contributed by atoms with Crippen LogP contribution in [0.15, 0.2) is 0 Å². The molecule has 0 saturated carbocycles. The fourth-order valence-electron chi connectivity index (χ4n) is 1.65. The standard InChI is InChI=1S/C10H21NO2/c12-8-3-1-2-5-11-6-4-9-13-10-7-11/h12H,1-10H2. The molecule has 1 rings (SSSR count). The Balaban J connectivity index is 1.98. The zero-order chi connectivity index (χ0) is 9.36. The van der Waals surface area contributed by atoms with E-state index in [1.807, 2.05) is 0 Å². The fraction of sp³-hybridized carbons (Fsp3) is 1.00. The van der Waals surface area contributed by atoms with Crippen molar-refractivity contribution in [1.29, 1.82) is 0 Å². The predicted octanol–water partition coefficient (Wildman–Crippen LogP) is 0.871. The Labute approximate surface area is 80.7 Å². The van der Waals surface area contributed by atoms with Gasteiger partial charge in [-0.15, -0.1) is 0 Å². The Morgan fingerprint density at radius 3 is 2.85 bits per heavy atom. The summed E-state index contributed by atoms with van der Waals surface area (Å²) in [6, 6.07) is 0. The number of aliphatic hydroxyl groups excluding tert-OH is 1. The summed E-state index contributed by atoms with van der Waals surface area (Å²) < 4.78 is 5.37. The highest BCUT2D eigenvalue weighted by atomic mass is 16.5. The smallest absolute Gasteiger partial charge is 0.0593 e. The third-order valence-corrected chi connectivity index (χ3v) is 2.45. The molecule has 0 aliphatic carbocycles. The molecule has 1 saturated heterocycles. The van der Waals surface area contributed by atoms with Gasteiger partial charge in [-0.1, -0.05) is 0 Å². The molecule has 3 heteroatoms. The second-order valence-corrected chi connectivity index (χ2v) is 3.59. The van der Waals surface area contributed by atoms with Crippen molar-refractivity contribution >= 4 is 0 Å². The molecule has 1 N–H and O–H groups in total. The van der Waals surface area contributed by atoms with Crippen LogP contribution in [0.4, 0.5) is 0 Å². The average molecular weight is 187 g/mol. The van der Waals surface area contributed by atoms with Gasteiger partial charge in [0.25, 0.3) is 0 Å². The minimum atomic E-state index is 0.336. The van der Waals surface area contributed by atoms with Gasteiger partial charge in [0.15, 0.2) is 0 Å². The quantitative estimate of drug-likeness (QED) is 0.648. The van der Waals surface area contributed by atoms with Crippen molar-refractivity contribution in [2.75, 3.05) is 39.5 Å². The number of aliphatic hydroxyl groups is 1. The Morgan fingerprint density at radius 2 is 2.00 bits per heavy atom. The van der Waals surface area contributed by atoms with Gasteiger partial charge in [0.2, 0.25) is 0 Å². The maximum Gasteiger partial charge on any atom is 0.0593 e. The molecule has 1 fully saturated rings. The van der Waals surface area contributed by atoms with Gasteiger partial charge >= 0.3 is 0 Å². The lowest BCUT2D eigenvalue weighted by molar-refractivity contribution is 0.141. The molecule has 0 amide bonds. The molecule has 1 aliphatic heterocycles. The molecular weight excluding hydrogens is 166 g/mol. The maximum absolute atomic E-state index is 8.61. The zero-order valence-electron chi connectivity index (χ0n) is 8.37. The second-order valence-electron chi connectivity index (χ2n) is 3.59. The number of hydrogen-bond acceptors (Lipinski definition) is 3. The fourth-order valence-corrected chi connectivity index (χ4v) is 1.65. The third-order valence-electron chi connectivity index (χ3n) is 2.45. The van der Waals surface area contributed by atoms with Crippen LogP contribution < -0.4 is 0 Å². The highest BCUT2D eigenvalue weighted by molar-refractivity contribution is 4.60. The van der Waals surface area contributed by atoms with Crippen LogP contribution in [-0.4, -0.2) is 49.5 Å². The van der Waals surface area contributed by atoms with E-state index in [-0.39, 0.29) is 0 Å². The zero-order valence-corrected chi connectivity index (χ0v) is 8.37. The summed E-state index contributed by atoms with van der Waals surface area (Å²) >= 11 is 0. The van der Waals surface area contributed by atoms with Gasteiger partial charge in [0.05, 0.1) is 6.61 Å². The molecule has 13 heavy (non-hydrogen) atoms. The van der Waals surface area contributed by atoms with Crippen LogP contribution in [0.3, 0.4) is 0 Å². The van der Waals surface area contributed by atoms with E-state index < -0.39 is 0 Å². The molecule has 0 aromatic rings. The van der Waals surface area contributed by atoms with Crippen molar-refractivity contribution < 1.29 is 9.84 Å². The molecule has 0 unspecified atom stereocenters. The van der Waals surface area contributed by atoms with Crippen molar-refractivity contribution in [2.24, 2.45) is 0 Å². The van der Waals surface area contributed by atoms with Gasteiger partial charge < -0.3 is 14.7 Å². The van der Waals surface area contributed by atoms with E-state index in [4.69, 9.17) is 9.84 Å². The average Bonchev–Trinajstić information content (AvgIpc) is 2.41. The lowest BCUT2D eigenvalue weighted by atomic mass is 10.2. The summed E-state index contributed by atoms with van der Waals surface area (Å²) in [4.78, 5) is 2.46. The van der Waals surface area contributed by atoms with E-state index in [0.29, 0.717) is 6.61 Å². The van der Waals surface area contributed by atoms with Crippen LogP contribution >= 0.6 is 0 Å². The Kier molecular flexibility index (Phi) is 6.15. The molecule has 0 aromatic carbocycles. The topological polar surface area (TPSA) is 32.7 Å². The van der Waals surface area contributed by atoms with Crippen molar-refractivity contribution in [3.8, 4) is 0 Å². The normalized spacial score (nSPS) is 20.1. The summed E-state index contributed by atoms with van der Waals surface area (Å²) in [5.41, 5.74) is 0. The first-order valence-corrected chi connectivity index (χ1v) is 5.34. The lowest BCUT2D eigenvalue weighted by Crippen LogP contribution is -2.27. The monoisotopic (exact) mass is 187 g/mol. The number of ether oxygens (including phenoxy) is 1. The highest BCUT2D eigenvalue weighted by Gasteiger charge is 2.07. The Morgan fingerprint density at radius 1 is 1.08 bits per heavy atom. The summed E-state index contributed by atoms with van der Waals surface area (Å²) in [5, 5.41) is 8.61. The number of hydrogen-bond donors (Lipinski definition) is 1. The highest BCUT2D eigenvalue weighted by Crippen LogP contribution is 2.02. The molecule has 3 nitrogen and oxygen atoms in total. The lowest BCUT2D eigenvalue weighted by Gasteiger charge is -2.18. The minimum absolute atomic E-state index is 0.336. The van der Waals surface area contributed by atoms with Crippen LogP contribution in [-0.2, 0) is 4.74 Å². The van der Waals surface area contributed by atoms with E-state index in [2.05, 4.69) is 4.90 Å². The van der Waals surface area contributed by atoms with E-state index >= 15 is 0 Å². The molecule has 0 radical (unpaired) electrons. The molecule has 0 atom stereocenters. The number of nitrogens with zero attached hydrogens (tertiary/aromatic N) is 1. The number of rotatable bonds is 5. The molecule has 0 aromatic heterocycles. The molecular formula is C10H21NO2. The van der Waals surface area contributed by atoms with Crippen LogP contribution in [0.2, 0.25) is 0 Å². The second kappa shape index (κ2) is 7.30. The van der Waals surface area contributed by atoms with Gasteiger partial charge in [-0.05, 0) is 32.2 Å². The van der Waals surface area contributed by atoms with Crippen LogP contribution in [0.25, 0.3) is 0 Å². The minimum Gasteiger partial charge on any atom is -0.396 e. The Hall–Kier alpha value is -0.120.